The Morgan fingerprint density at radius 2 is 2.20 bits per heavy atom. The van der Waals surface area contributed by atoms with Crippen molar-refractivity contribution in [2.75, 3.05) is 33.4 Å². The molecule has 0 radical (unpaired) electrons. The van der Waals surface area contributed by atoms with Gasteiger partial charge >= 0.3 is 6.09 Å². The van der Waals surface area contributed by atoms with E-state index in [4.69, 9.17) is 15.6 Å². The van der Waals surface area contributed by atoms with Gasteiger partial charge in [-0.05, 0) is 74.2 Å². The van der Waals surface area contributed by atoms with Crippen LogP contribution in [-0.2, 0) is 32.1 Å². The van der Waals surface area contributed by atoms with Gasteiger partial charge in [-0.25, -0.2) is 9.78 Å². The van der Waals surface area contributed by atoms with Gasteiger partial charge in [-0.3, -0.25) is 4.79 Å². The van der Waals surface area contributed by atoms with Crippen molar-refractivity contribution >= 4 is 45.6 Å². The number of carbonyl (C=O) groups is 2. The topological polar surface area (TPSA) is 86.1 Å². The van der Waals surface area contributed by atoms with Crippen LogP contribution in [-0.4, -0.2) is 82.5 Å². The highest BCUT2D eigenvalue weighted by Crippen LogP contribution is 2.33. The van der Waals surface area contributed by atoms with Gasteiger partial charge in [0.1, 0.15) is 11.2 Å². The molecule has 1 saturated heterocycles. The molecule has 0 bridgehead atoms. The molecule has 1 atom stereocenters. The van der Waals surface area contributed by atoms with Crippen LogP contribution < -0.4 is 0 Å². The van der Waals surface area contributed by atoms with E-state index in [2.05, 4.69) is 38.3 Å². The first kappa shape index (κ1) is 24.8. The number of methoxy groups -OCH3 is 1. The summed E-state index contributed by atoms with van der Waals surface area (Å²) in [5.74, 6) is -0.103. The number of pyridine rings is 1. The largest absolute Gasteiger partial charge is 0.444 e. The minimum Gasteiger partial charge on any atom is -0.444 e. The zero-order chi connectivity index (χ0) is 25.9. The number of rotatable bonds is 8. The molecular weight excluding hydrogens is 563 g/mol. The van der Waals surface area contributed by atoms with Crippen LogP contribution in [0.5, 0.6) is 0 Å². The molecule has 4 rings (SSSR count). The number of hydrogen-bond acceptors (Lipinski definition) is 6. The third-order valence-corrected chi connectivity index (χ3v) is 7.01. The van der Waals surface area contributed by atoms with Crippen molar-refractivity contribution in [2.45, 2.75) is 70.8 Å². The summed E-state index contributed by atoms with van der Waals surface area (Å²) in [6.07, 6.45) is 5.47. The number of aryl methyl sites for hydroxylation is 1. The quantitative estimate of drug-likeness (QED) is 0.339. The highest BCUT2D eigenvalue weighted by molar-refractivity contribution is 14.1. The van der Waals surface area contributed by atoms with Crippen LogP contribution in [0.2, 0.25) is 0 Å². The van der Waals surface area contributed by atoms with Crippen LogP contribution >= 0.6 is 22.6 Å². The molecule has 0 spiro atoms. The zero-order valence-corrected chi connectivity index (χ0v) is 22.8. The Labute approximate surface area is 221 Å². The molecule has 1 aliphatic heterocycles. The van der Waals surface area contributed by atoms with Crippen LogP contribution in [0, 0.1) is 3.57 Å². The van der Waals surface area contributed by atoms with Gasteiger partial charge in [0.25, 0.3) is 5.91 Å². The molecule has 10 heteroatoms. The van der Waals surface area contributed by atoms with E-state index in [0.29, 0.717) is 19.7 Å². The SMILES string of the molecule is [2H]CC(C)(C)OC(=O)N1CCOC(C(=O)N(Cc2cn(CCCOC)c3nccc(I)c23)C2CC2)C1. The Kier molecular flexibility index (Phi) is 7.78. The average Bonchev–Trinajstić information content (AvgIpc) is 3.64. The minimum absolute atomic E-state index is 0.0341. The summed E-state index contributed by atoms with van der Waals surface area (Å²) in [6, 6.07) is 2.16. The van der Waals surface area contributed by atoms with Crippen molar-refractivity contribution in [3.05, 3.63) is 27.6 Å². The summed E-state index contributed by atoms with van der Waals surface area (Å²) >= 11 is 2.33. The molecule has 1 saturated carbocycles. The first-order chi connectivity index (χ1) is 17.2. The Balaban J connectivity index is 1.52. The fourth-order valence-electron chi connectivity index (χ4n) is 4.33. The van der Waals surface area contributed by atoms with E-state index in [9.17, 15) is 9.59 Å². The number of aromatic nitrogens is 2. The molecule has 2 aromatic rings. The molecule has 0 N–H and O–H groups in total. The van der Waals surface area contributed by atoms with Crippen molar-refractivity contribution in [1.82, 2.24) is 19.4 Å². The van der Waals surface area contributed by atoms with E-state index >= 15 is 0 Å². The molecule has 2 amide bonds. The lowest BCUT2D eigenvalue weighted by Crippen LogP contribution is -2.53. The number of amides is 2. The second-order valence-electron chi connectivity index (χ2n) is 9.82. The number of fused-ring (bicyclic) bond motifs is 1. The smallest absolute Gasteiger partial charge is 0.410 e. The van der Waals surface area contributed by atoms with Gasteiger partial charge in [0, 0.05) is 62.1 Å². The summed E-state index contributed by atoms with van der Waals surface area (Å²) in [4.78, 5) is 34.4. The molecule has 0 aromatic carbocycles. The second kappa shape index (κ2) is 11.0. The molecule has 2 aromatic heterocycles. The van der Waals surface area contributed by atoms with E-state index in [1.807, 2.05) is 17.2 Å². The Morgan fingerprint density at radius 3 is 2.91 bits per heavy atom. The first-order valence-corrected chi connectivity index (χ1v) is 13.1. The van der Waals surface area contributed by atoms with Crippen LogP contribution in [0.15, 0.2) is 18.5 Å². The van der Waals surface area contributed by atoms with Crippen molar-refractivity contribution in [2.24, 2.45) is 0 Å². The Morgan fingerprint density at radius 1 is 1.40 bits per heavy atom. The molecule has 35 heavy (non-hydrogen) atoms. The van der Waals surface area contributed by atoms with Gasteiger partial charge in [-0.2, -0.15) is 0 Å². The molecular formula is C25H35IN4O5. The molecule has 1 unspecified atom stereocenters. The predicted octanol–water partition coefficient (Wildman–Crippen LogP) is 3.80. The fourth-order valence-corrected chi connectivity index (χ4v) is 5.08. The summed E-state index contributed by atoms with van der Waals surface area (Å²) in [6.45, 7) is 6.07. The van der Waals surface area contributed by atoms with Gasteiger partial charge < -0.3 is 28.6 Å². The maximum Gasteiger partial charge on any atom is 0.410 e. The Bertz CT molecular complexity index is 1090. The number of nitrogens with zero attached hydrogens (tertiary/aromatic N) is 4. The predicted molar refractivity (Wildman–Crippen MR) is 140 cm³/mol. The van der Waals surface area contributed by atoms with E-state index < -0.39 is 17.8 Å². The molecule has 2 aliphatic rings. The summed E-state index contributed by atoms with van der Waals surface area (Å²) in [5, 5.41) is 1.07. The van der Waals surface area contributed by atoms with E-state index in [-0.39, 0.29) is 32.0 Å². The molecule has 1 aliphatic carbocycles. The highest BCUT2D eigenvalue weighted by atomic mass is 127. The molecule has 192 valence electrons. The van der Waals surface area contributed by atoms with Crippen molar-refractivity contribution in [1.29, 1.82) is 0 Å². The van der Waals surface area contributed by atoms with Crippen LogP contribution in [0.3, 0.4) is 0 Å². The first-order valence-electron chi connectivity index (χ1n) is 12.7. The third kappa shape index (κ3) is 6.45. The van der Waals surface area contributed by atoms with Gasteiger partial charge in [-0.15, -0.1) is 0 Å². The van der Waals surface area contributed by atoms with Crippen LogP contribution in [0.1, 0.15) is 46.9 Å². The third-order valence-electron chi connectivity index (χ3n) is 6.11. The summed E-state index contributed by atoms with van der Waals surface area (Å²) in [7, 11) is 1.70. The van der Waals surface area contributed by atoms with Crippen LogP contribution in [0.4, 0.5) is 4.79 Å². The van der Waals surface area contributed by atoms with Gasteiger partial charge in [-0.1, -0.05) is 0 Å². The number of carbonyl (C=O) groups excluding carboxylic acids is 2. The monoisotopic (exact) mass is 599 g/mol. The van der Waals surface area contributed by atoms with Gasteiger partial charge in [0.2, 0.25) is 0 Å². The number of hydrogen-bond donors (Lipinski definition) is 0. The lowest BCUT2D eigenvalue weighted by Gasteiger charge is -2.35. The molecule has 2 fully saturated rings. The van der Waals surface area contributed by atoms with E-state index in [1.54, 1.807) is 21.0 Å². The van der Waals surface area contributed by atoms with E-state index in [0.717, 1.165) is 46.0 Å². The highest BCUT2D eigenvalue weighted by Gasteiger charge is 2.40. The van der Waals surface area contributed by atoms with Crippen molar-refractivity contribution in [3.8, 4) is 0 Å². The lowest BCUT2D eigenvalue weighted by atomic mass is 10.1. The zero-order valence-electron chi connectivity index (χ0n) is 21.7. The number of halogens is 1. The fraction of sp³-hybridized carbons (Fsp3) is 0.640. The summed E-state index contributed by atoms with van der Waals surface area (Å²) in [5.41, 5.74) is 1.10. The minimum atomic E-state index is -0.877. The average molecular weight is 599 g/mol. The Hall–Kier alpha value is -1.92. The van der Waals surface area contributed by atoms with Gasteiger partial charge in [0.05, 0.1) is 13.2 Å². The standard InChI is InChI=1S/C25H35IN4O5/c1-25(2,3)35-24(32)29-11-13-34-20(16-29)23(31)30(18-6-7-18)15-17-14-28(10-5-12-33-4)22-21(17)19(26)8-9-27-22/h8-9,14,18,20H,5-7,10-13,15-16H2,1-4H3/i1D. The van der Waals surface area contributed by atoms with Crippen molar-refractivity contribution in [3.63, 3.8) is 0 Å². The summed E-state index contributed by atoms with van der Waals surface area (Å²) < 4.78 is 27.3. The maximum absolute atomic E-state index is 13.7. The lowest BCUT2D eigenvalue weighted by molar-refractivity contribution is -0.150. The normalized spacial score (nSPS) is 19.0. The van der Waals surface area contributed by atoms with E-state index in [1.165, 1.54) is 4.90 Å². The maximum atomic E-state index is 13.7. The molecule has 3 heterocycles. The number of morpholine rings is 1. The van der Waals surface area contributed by atoms with Crippen molar-refractivity contribution < 1.29 is 25.2 Å². The van der Waals surface area contributed by atoms with Crippen LogP contribution in [0.25, 0.3) is 11.0 Å². The molecule has 9 nitrogen and oxygen atoms in total. The van der Waals surface area contributed by atoms with Gasteiger partial charge in [0.15, 0.2) is 6.10 Å². The number of ether oxygens (including phenoxy) is 3. The second-order valence-corrected chi connectivity index (χ2v) is 11.0.